The van der Waals surface area contributed by atoms with Crippen LogP contribution >= 0.6 is 0 Å². The normalized spacial score (nSPS) is 19.6. The zero-order valence-electron chi connectivity index (χ0n) is 16.4. The number of rotatable bonds is 2. The van der Waals surface area contributed by atoms with Crippen molar-refractivity contribution in [2.45, 2.75) is 25.8 Å². The molecule has 4 bridgehead atoms. The second-order valence-corrected chi connectivity index (χ2v) is 6.87. The van der Waals surface area contributed by atoms with Gasteiger partial charge in [-0.05, 0) is 13.0 Å². The van der Waals surface area contributed by atoms with Gasteiger partial charge in [-0.3, -0.25) is 5.32 Å². The average Bonchev–Trinajstić information content (AvgIpc) is 3.12. The first-order valence-corrected chi connectivity index (χ1v) is 9.22. The van der Waals surface area contributed by atoms with Crippen molar-refractivity contribution in [3.63, 3.8) is 0 Å². The lowest BCUT2D eigenvalue weighted by molar-refractivity contribution is 0.0665. The molecule has 2 aromatic heterocycles. The minimum Gasteiger partial charge on any atom is -0.494 e. The lowest BCUT2D eigenvalue weighted by Gasteiger charge is -2.20. The van der Waals surface area contributed by atoms with Crippen LogP contribution in [-0.4, -0.2) is 46.5 Å². The van der Waals surface area contributed by atoms with Crippen molar-refractivity contribution in [2.75, 3.05) is 31.4 Å². The van der Waals surface area contributed by atoms with Crippen molar-refractivity contribution >= 4 is 23.0 Å². The molecule has 1 aliphatic heterocycles. The Labute approximate surface area is 166 Å². The fourth-order valence-electron chi connectivity index (χ4n) is 3.28. The number of ether oxygens (including phenoxy) is 2. The van der Waals surface area contributed by atoms with Gasteiger partial charge < -0.3 is 25.2 Å². The summed E-state index contributed by atoms with van der Waals surface area (Å²) < 4.78 is 27.0. The van der Waals surface area contributed by atoms with Crippen molar-refractivity contribution in [3.8, 4) is 5.75 Å². The average molecular weight is 402 g/mol. The number of nitrogens with zero attached hydrogens (tertiary/aromatic N) is 3. The van der Waals surface area contributed by atoms with Crippen LogP contribution in [0.2, 0.25) is 0 Å². The van der Waals surface area contributed by atoms with Crippen LogP contribution in [0.15, 0.2) is 24.4 Å². The molecule has 10 heteroatoms. The van der Waals surface area contributed by atoms with Gasteiger partial charge >= 0.3 is 0 Å². The Kier molecular flexibility index (Phi) is 5.22. The number of nitrogens with one attached hydrogen (secondary N) is 3. The quantitative estimate of drug-likeness (QED) is 0.517. The van der Waals surface area contributed by atoms with Gasteiger partial charge in [0, 0.05) is 30.8 Å². The Bertz CT molecular complexity index is 1040. The van der Waals surface area contributed by atoms with Crippen LogP contribution in [0.1, 0.15) is 24.3 Å². The summed E-state index contributed by atoms with van der Waals surface area (Å²) in [6.45, 7) is 2.24. The Morgan fingerprint density at radius 1 is 1.38 bits per heavy atom. The van der Waals surface area contributed by atoms with Crippen molar-refractivity contribution in [2.24, 2.45) is 0 Å². The highest BCUT2D eigenvalue weighted by molar-refractivity contribution is 5.69. The molecular weight excluding hydrogens is 379 g/mol. The van der Waals surface area contributed by atoms with E-state index < -0.39 is 12.0 Å². The molecule has 0 fully saturated rings. The monoisotopic (exact) mass is 402 g/mol. The molecule has 1 aliphatic rings. The molecule has 3 aromatic rings. The molecule has 9 nitrogen and oxygen atoms in total. The molecule has 4 N–H and O–H groups in total. The largest absolute Gasteiger partial charge is 0.494 e. The second-order valence-electron chi connectivity index (χ2n) is 6.87. The predicted molar refractivity (Wildman–Crippen MR) is 106 cm³/mol. The number of halogens is 1. The number of methoxy groups -OCH3 is 1. The van der Waals surface area contributed by atoms with Crippen LogP contribution in [0.25, 0.3) is 5.65 Å². The molecule has 4 rings (SSSR count). The van der Waals surface area contributed by atoms with Crippen LogP contribution < -0.4 is 20.7 Å². The number of aliphatic hydroxyl groups is 1. The van der Waals surface area contributed by atoms with Gasteiger partial charge in [-0.1, -0.05) is 0 Å². The van der Waals surface area contributed by atoms with Gasteiger partial charge in [-0.2, -0.15) is 9.61 Å². The molecule has 1 aromatic carbocycles. The predicted octanol–water partition coefficient (Wildman–Crippen LogP) is 2.16. The standard InChI is InChI=1S/C19H23FN6O3/c1-10-8-29-9-11-4-14(15(28-3)5-13(11)20)24-16-6-17(21-2)26-18(25-16)12(7-22-26)19(27)23-10/h4-7,10,19,21,23,27H,8-9H2,1-3H3,(H,24,25)/t10-,19?/m1/s1. The third kappa shape index (κ3) is 3.69. The Balaban J connectivity index is 1.88. The Hall–Kier alpha value is -2.95. The number of aromatic nitrogens is 3. The summed E-state index contributed by atoms with van der Waals surface area (Å²) in [5.74, 6) is 1.07. The summed E-state index contributed by atoms with van der Waals surface area (Å²) >= 11 is 0. The number of fused-ring (bicyclic) bond motifs is 3. The van der Waals surface area contributed by atoms with Gasteiger partial charge in [0.1, 0.15) is 29.4 Å². The summed E-state index contributed by atoms with van der Waals surface area (Å²) in [5, 5.41) is 24.3. The second kappa shape index (κ2) is 7.82. The van der Waals surface area contributed by atoms with Crippen LogP contribution in [0, 0.1) is 5.82 Å². The first-order chi connectivity index (χ1) is 14.0. The maximum absolute atomic E-state index is 14.4. The minimum absolute atomic E-state index is 0.0832. The third-order valence-electron chi connectivity index (χ3n) is 4.75. The minimum atomic E-state index is -0.995. The molecule has 29 heavy (non-hydrogen) atoms. The number of aliphatic hydroxyl groups excluding tert-OH is 1. The van der Waals surface area contributed by atoms with E-state index in [-0.39, 0.29) is 19.3 Å². The number of anilines is 3. The van der Waals surface area contributed by atoms with E-state index in [2.05, 4.69) is 26.0 Å². The lowest BCUT2D eigenvalue weighted by Crippen LogP contribution is -2.34. The van der Waals surface area contributed by atoms with E-state index in [9.17, 15) is 9.50 Å². The smallest absolute Gasteiger partial charge is 0.166 e. The highest BCUT2D eigenvalue weighted by Gasteiger charge is 2.21. The Morgan fingerprint density at radius 2 is 2.21 bits per heavy atom. The highest BCUT2D eigenvalue weighted by atomic mass is 19.1. The fourth-order valence-corrected chi connectivity index (χ4v) is 3.28. The van der Waals surface area contributed by atoms with E-state index in [1.165, 1.54) is 13.2 Å². The van der Waals surface area contributed by atoms with Crippen LogP contribution in [0.3, 0.4) is 0 Å². The highest BCUT2D eigenvalue weighted by Crippen LogP contribution is 2.32. The zero-order chi connectivity index (χ0) is 20.5. The lowest BCUT2D eigenvalue weighted by atomic mass is 10.1. The molecule has 0 radical (unpaired) electrons. The topological polar surface area (TPSA) is 105 Å². The molecule has 0 saturated heterocycles. The van der Waals surface area contributed by atoms with E-state index in [4.69, 9.17) is 9.47 Å². The molecule has 0 amide bonds. The van der Waals surface area contributed by atoms with E-state index in [1.54, 1.807) is 29.9 Å². The summed E-state index contributed by atoms with van der Waals surface area (Å²) in [6, 6.07) is 4.54. The first-order valence-electron chi connectivity index (χ1n) is 9.22. The molecule has 154 valence electrons. The Morgan fingerprint density at radius 3 is 2.97 bits per heavy atom. The molecule has 2 atom stereocenters. The molecule has 3 heterocycles. The third-order valence-corrected chi connectivity index (χ3v) is 4.75. The van der Waals surface area contributed by atoms with E-state index in [1.807, 2.05) is 6.92 Å². The SMILES string of the molecule is CNc1cc2nc3c(cnn13)C(O)N[C@H](C)COCc1cc(c(OC)cc1F)N2. The molecule has 0 spiro atoms. The molecule has 0 aliphatic carbocycles. The van der Waals surface area contributed by atoms with Gasteiger partial charge in [0.2, 0.25) is 0 Å². The molecule has 1 unspecified atom stereocenters. The number of hydrogen-bond acceptors (Lipinski definition) is 8. The molecule has 0 saturated carbocycles. The van der Waals surface area contributed by atoms with Gasteiger partial charge in [0.25, 0.3) is 0 Å². The van der Waals surface area contributed by atoms with Crippen molar-refractivity contribution < 1.29 is 19.0 Å². The van der Waals surface area contributed by atoms with E-state index in [0.29, 0.717) is 39.8 Å². The summed E-state index contributed by atoms with van der Waals surface area (Å²) in [7, 11) is 3.24. The van der Waals surface area contributed by atoms with E-state index in [0.717, 1.165) is 0 Å². The van der Waals surface area contributed by atoms with Crippen LogP contribution in [-0.2, 0) is 11.3 Å². The van der Waals surface area contributed by atoms with Gasteiger partial charge in [-0.15, -0.1) is 0 Å². The van der Waals surface area contributed by atoms with Crippen LogP contribution in [0.4, 0.5) is 21.7 Å². The maximum Gasteiger partial charge on any atom is 0.166 e. The number of hydrogen-bond donors (Lipinski definition) is 4. The van der Waals surface area contributed by atoms with Crippen LogP contribution in [0.5, 0.6) is 5.75 Å². The molecular formula is C19H23FN6O3. The van der Waals surface area contributed by atoms with Gasteiger partial charge in [0.15, 0.2) is 5.65 Å². The van der Waals surface area contributed by atoms with Gasteiger partial charge in [0.05, 0.1) is 37.8 Å². The van der Waals surface area contributed by atoms with Gasteiger partial charge in [-0.25, -0.2) is 9.37 Å². The van der Waals surface area contributed by atoms with Crippen molar-refractivity contribution in [1.29, 1.82) is 0 Å². The van der Waals surface area contributed by atoms with Crippen molar-refractivity contribution in [3.05, 3.63) is 41.3 Å². The summed E-state index contributed by atoms with van der Waals surface area (Å²) in [5.41, 5.74) is 1.95. The van der Waals surface area contributed by atoms with E-state index >= 15 is 0 Å². The fraction of sp³-hybridized carbons (Fsp3) is 0.368. The number of benzene rings is 1. The first kappa shape index (κ1) is 19.4. The maximum atomic E-state index is 14.4. The summed E-state index contributed by atoms with van der Waals surface area (Å²) in [4.78, 5) is 4.61. The van der Waals surface area contributed by atoms with Crippen molar-refractivity contribution in [1.82, 2.24) is 19.9 Å². The summed E-state index contributed by atoms with van der Waals surface area (Å²) in [6.07, 6.45) is 0.575. The zero-order valence-corrected chi connectivity index (χ0v) is 16.4.